The van der Waals surface area contributed by atoms with Gasteiger partial charge in [0, 0.05) is 18.8 Å². The Bertz CT molecular complexity index is 901. The van der Waals surface area contributed by atoms with Gasteiger partial charge in [-0.2, -0.15) is 0 Å². The fourth-order valence-electron chi connectivity index (χ4n) is 6.17. The molecule has 1 saturated heterocycles. The Kier molecular flexibility index (Phi) is 11.7. The minimum absolute atomic E-state index is 0.0572. The topological polar surface area (TPSA) is 114 Å². The van der Waals surface area contributed by atoms with Gasteiger partial charge in [0.15, 0.2) is 11.5 Å². The Morgan fingerprint density at radius 1 is 1.16 bits per heavy atom. The summed E-state index contributed by atoms with van der Waals surface area (Å²) < 4.78 is 17.5. The van der Waals surface area contributed by atoms with Gasteiger partial charge in [-0.3, -0.25) is 14.9 Å². The molecule has 3 rings (SSSR count). The third-order valence-electron chi connectivity index (χ3n) is 8.22. The molecular weight excluding hydrogens is 486 g/mol. The van der Waals surface area contributed by atoms with Gasteiger partial charge in [0.25, 0.3) is 0 Å². The Morgan fingerprint density at radius 3 is 2.58 bits per heavy atom. The molecular formula is C30H47NO7. The number of benzene rings is 1. The van der Waals surface area contributed by atoms with Gasteiger partial charge in [0.05, 0.1) is 13.0 Å². The Morgan fingerprint density at radius 2 is 1.92 bits per heavy atom. The van der Waals surface area contributed by atoms with E-state index in [0.29, 0.717) is 44.4 Å². The van der Waals surface area contributed by atoms with Gasteiger partial charge in [0.2, 0.25) is 0 Å². The second-order valence-electron chi connectivity index (χ2n) is 11.2. The van der Waals surface area contributed by atoms with Crippen LogP contribution in [0.15, 0.2) is 18.2 Å². The van der Waals surface area contributed by atoms with Crippen molar-refractivity contribution in [3.05, 3.63) is 23.8 Å². The normalized spacial score (nSPS) is 23.8. The summed E-state index contributed by atoms with van der Waals surface area (Å²) in [6.07, 6.45) is 8.90. The number of rotatable bonds is 13. The molecule has 8 heteroatoms. The number of phenols is 1. The molecule has 1 heterocycles. The van der Waals surface area contributed by atoms with Crippen LogP contribution in [-0.4, -0.2) is 54.2 Å². The van der Waals surface area contributed by atoms with Crippen LogP contribution in [0.2, 0.25) is 0 Å². The van der Waals surface area contributed by atoms with E-state index in [-0.39, 0.29) is 29.7 Å². The number of ether oxygens (including phenoxy) is 3. The van der Waals surface area contributed by atoms with Gasteiger partial charge < -0.3 is 24.4 Å². The van der Waals surface area contributed by atoms with Crippen LogP contribution in [0.1, 0.15) is 96.5 Å². The summed E-state index contributed by atoms with van der Waals surface area (Å²) in [6, 6.07) is 5.25. The van der Waals surface area contributed by atoms with E-state index in [9.17, 15) is 19.8 Å². The lowest BCUT2D eigenvalue weighted by Crippen LogP contribution is -2.53. The van der Waals surface area contributed by atoms with Crippen LogP contribution in [0.25, 0.3) is 0 Å². The lowest BCUT2D eigenvalue weighted by molar-refractivity contribution is -0.172. The minimum atomic E-state index is -0.745. The van der Waals surface area contributed by atoms with Gasteiger partial charge >= 0.3 is 11.9 Å². The van der Waals surface area contributed by atoms with E-state index in [1.54, 1.807) is 12.1 Å². The van der Waals surface area contributed by atoms with E-state index in [0.717, 1.165) is 56.9 Å². The van der Waals surface area contributed by atoms with Crippen LogP contribution < -0.4 is 10.1 Å². The maximum atomic E-state index is 13.5. The number of esters is 2. The Labute approximate surface area is 227 Å². The predicted molar refractivity (Wildman–Crippen MR) is 145 cm³/mol. The Hall–Kier alpha value is -2.32. The summed E-state index contributed by atoms with van der Waals surface area (Å²) in [4.78, 5) is 25.5. The van der Waals surface area contributed by atoms with E-state index in [4.69, 9.17) is 14.2 Å². The van der Waals surface area contributed by atoms with Gasteiger partial charge in [-0.25, -0.2) is 0 Å². The van der Waals surface area contributed by atoms with Crippen molar-refractivity contribution in [1.29, 1.82) is 0 Å². The Balaban J connectivity index is 1.95. The number of aliphatic hydroxyl groups excluding tert-OH is 1. The molecule has 2 aliphatic rings. The van der Waals surface area contributed by atoms with Crippen molar-refractivity contribution in [1.82, 2.24) is 5.32 Å². The van der Waals surface area contributed by atoms with Crippen molar-refractivity contribution in [2.75, 3.05) is 13.7 Å². The average Bonchev–Trinajstić information content (AvgIpc) is 2.89. The van der Waals surface area contributed by atoms with Crippen LogP contribution in [0.4, 0.5) is 0 Å². The number of piperidine rings is 1. The standard InChI is InChI=1S/C30H47NO7/c1-4-5-7-12-24(37-21(2)32)18-27(38-29(35)23-10-8-6-9-11-23)30(15-16-31-28(34)20-30)19-22-13-14-25(33)26(17-22)36-3/h13-14,17,23-24,27-28,31,33-34H,4-12,15-16,18-20H2,1-3H3/t24-,27-,28-,30-/m1/s1. The third-order valence-corrected chi connectivity index (χ3v) is 8.22. The second kappa shape index (κ2) is 14.7. The molecule has 1 aromatic rings. The number of carbonyl (C=O) groups is 2. The van der Waals surface area contributed by atoms with E-state index < -0.39 is 17.7 Å². The molecule has 8 nitrogen and oxygen atoms in total. The van der Waals surface area contributed by atoms with E-state index in [2.05, 4.69) is 12.2 Å². The molecule has 1 aliphatic heterocycles. The summed E-state index contributed by atoms with van der Waals surface area (Å²) >= 11 is 0. The number of unbranched alkanes of at least 4 members (excludes halogenated alkanes) is 2. The molecule has 0 spiro atoms. The summed E-state index contributed by atoms with van der Waals surface area (Å²) in [5.74, 6) is -0.204. The first-order valence-corrected chi connectivity index (χ1v) is 14.4. The lowest BCUT2D eigenvalue weighted by atomic mass is 9.68. The number of aliphatic hydroxyl groups is 1. The van der Waals surface area contributed by atoms with Gasteiger partial charge in [-0.1, -0.05) is 45.1 Å². The molecule has 0 unspecified atom stereocenters. The molecule has 0 aromatic heterocycles. The molecule has 1 aliphatic carbocycles. The molecule has 0 amide bonds. The summed E-state index contributed by atoms with van der Waals surface area (Å²) in [6.45, 7) is 4.12. The zero-order valence-corrected chi connectivity index (χ0v) is 23.4. The molecule has 2 fully saturated rings. The van der Waals surface area contributed by atoms with Crippen molar-refractivity contribution in [3.8, 4) is 11.5 Å². The molecule has 214 valence electrons. The number of nitrogens with one attached hydrogen (secondary N) is 1. The van der Waals surface area contributed by atoms with Crippen molar-refractivity contribution in [3.63, 3.8) is 0 Å². The number of aromatic hydroxyl groups is 1. The van der Waals surface area contributed by atoms with Crippen molar-refractivity contribution in [2.24, 2.45) is 11.3 Å². The van der Waals surface area contributed by atoms with Gasteiger partial charge in [0.1, 0.15) is 18.4 Å². The first-order valence-electron chi connectivity index (χ1n) is 14.4. The number of methoxy groups -OCH3 is 1. The first-order chi connectivity index (χ1) is 18.3. The maximum Gasteiger partial charge on any atom is 0.309 e. The molecule has 1 aromatic carbocycles. The van der Waals surface area contributed by atoms with Gasteiger partial charge in [-0.05, 0) is 69.2 Å². The van der Waals surface area contributed by atoms with Crippen molar-refractivity contribution < 1.29 is 34.0 Å². The van der Waals surface area contributed by atoms with Crippen LogP contribution in [0.5, 0.6) is 11.5 Å². The highest BCUT2D eigenvalue weighted by atomic mass is 16.6. The largest absolute Gasteiger partial charge is 0.504 e. The molecule has 3 N–H and O–H groups in total. The van der Waals surface area contributed by atoms with Crippen LogP contribution in [0, 0.1) is 11.3 Å². The van der Waals surface area contributed by atoms with Gasteiger partial charge in [-0.15, -0.1) is 0 Å². The van der Waals surface area contributed by atoms with E-state index in [1.807, 2.05) is 6.07 Å². The quantitative estimate of drug-likeness (QED) is 0.239. The fraction of sp³-hybridized carbons (Fsp3) is 0.733. The van der Waals surface area contributed by atoms with Crippen molar-refractivity contribution in [2.45, 2.75) is 116 Å². The van der Waals surface area contributed by atoms with Crippen molar-refractivity contribution >= 4 is 11.9 Å². The molecule has 4 atom stereocenters. The van der Waals surface area contributed by atoms with E-state index >= 15 is 0 Å². The SMILES string of the molecule is CCCCC[C@H](C[C@@H](OC(=O)C1CCCCC1)[C@@]1(Cc2ccc(O)c(OC)c2)CCN[C@H](O)C1)OC(C)=O. The number of hydrogen-bond donors (Lipinski definition) is 3. The summed E-state index contributed by atoms with van der Waals surface area (Å²) in [5.41, 5.74) is 0.336. The highest BCUT2D eigenvalue weighted by Gasteiger charge is 2.46. The molecule has 1 saturated carbocycles. The summed E-state index contributed by atoms with van der Waals surface area (Å²) in [7, 11) is 1.51. The smallest absolute Gasteiger partial charge is 0.309 e. The minimum Gasteiger partial charge on any atom is -0.504 e. The monoisotopic (exact) mass is 533 g/mol. The van der Waals surface area contributed by atoms with Crippen LogP contribution >= 0.6 is 0 Å². The zero-order chi connectivity index (χ0) is 27.5. The number of hydrogen-bond acceptors (Lipinski definition) is 8. The second-order valence-corrected chi connectivity index (χ2v) is 11.2. The maximum absolute atomic E-state index is 13.5. The van der Waals surface area contributed by atoms with Crippen LogP contribution in [-0.2, 0) is 25.5 Å². The number of phenolic OH excluding ortho intramolecular Hbond substituents is 1. The average molecular weight is 534 g/mol. The first kappa shape index (κ1) is 30.2. The highest BCUT2D eigenvalue weighted by molar-refractivity contribution is 5.72. The number of carbonyl (C=O) groups excluding carboxylic acids is 2. The third kappa shape index (κ3) is 8.60. The molecule has 38 heavy (non-hydrogen) atoms. The molecule has 0 bridgehead atoms. The highest BCUT2D eigenvalue weighted by Crippen LogP contribution is 2.44. The zero-order valence-electron chi connectivity index (χ0n) is 23.4. The van der Waals surface area contributed by atoms with Crippen LogP contribution in [0.3, 0.4) is 0 Å². The lowest BCUT2D eigenvalue weighted by Gasteiger charge is -2.46. The van der Waals surface area contributed by atoms with E-state index in [1.165, 1.54) is 14.0 Å². The fourth-order valence-corrected chi connectivity index (χ4v) is 6.17. The molecule has 0 radical (unpaired) electrons. The predicted octanol–water partition coefficient (Wildman–Crippen LogP) is 5.03. The summed E-state index contributed by atoms with van der Waals surface area (Å²) in [5, 5.41) is 24.0.